The Bertz CT molecular complexity index is 461. The highest BCUT2D eigenvalue weighted by molar-refractivity contribution is 6.04. The van der Waals surface area contributed by atoms with Gasteiger partial charge in [0.25, 0.3) is 5.91 Å². The van der Waals surface area contributed by atoms with Crippen molar-refractivity contribution < 1.29 is 14.0 Å². The van der Waals surface area contributed by atoms with E-state index in [-0.39, 0.29) is 11.7 Å². The molecule has 1 heterocycles. The maximum atomic E-state index is 12.8. The zero-order valence-electron chi connectivity index (χ0n) is 9.73. The number of carbonyl (C=O) groups excluding carboxylic acids is 2. The highest BCUT2D eigenvalue weighted by Gasteiger charge is 2.38. The smallest absolute Gasteiger partial charge is 0.325 e. The zero-order chi connectivity index (χ0) is 13.1. The van der Waals surface area contributed by atoms with Crippen molar-refractivity contribution >= 4 is 11.9 Å². The first kappa shape index (κ1) is 12.5. The molecule has 6 heteroatoms. The van der Waals surface area contributed by atoms with Crippen LogP contribution in [-0.2, 0) is 4.79 Å². The number of nitrogens with two attached hydrogens (primary N) is 1. The lowest BCUT2D eigenvalue weighted by Gasteiger charge is -2.12. The summed E-state index contributed by atoms with van der Waals surface area (Å²) in [6.07, 6.45) is 0.565. The summed E-state index contributed by atoms with van der Waals surface area (Å²) in [5.74, 6) is -0.699. The van der Waals surface area contributed by atoms with Gasteiger partial charge in [0.15, 0.2) is 0 Å². The van der Waals surface area contributed by atoms with Gasteiger partial charge in [0.2, 0.25) is 0 Å². The molecule has 1 aliphatic heterocycles. The number of nitrogens with one attached hydrogen (secondary N) is 1. The summed E-state index contributed by atoms with van der Waals surface area (Å²) in [7, 11) is 0. The van der Waals surface area contributed by atoms with Gasteiger partial charge in [-0.05, 0) is 30.7 Å². The molecule has 0 aliphatic carbocycles. The van der Waals surface area contributed by atoms with Crippen molar-refractivity contribution in [1.29, 1.82) is 0 Å². The van der Waals surface area contributed by atoms with Crippen molar-refractivity contribution in [1.82, 2.24) is 10.2 Å². The average molecular weight is 251 g/mol. The molecule has 1 aliphatic rings. The monoisotopic (exact) mass is 251 g/mol. The molecule has 3 N–H and O–H groups in total. The number of rotatable bonds is 4. The summed E-state index contributed by atoms with van der Waals surface area (Å²) >= 11 is 0. The molecule has 0 aromatic heterocycles. The predicted molar refractivity (Wildman–Crippen MR) is 63.1 cm³/mol. The molecule has 18 heavy (non-hydrogen) atoms. The number of hydrogen-bond donors (Lipinski definition) is 2. The Morgan fingerprint density at radius 2 is 1.94 bits per heavy atom. The quantitative estimate of drug-likeness (QED) is 0.776. The first-order valence-electron chi connectivity index (χ1n) is 5.71. The van der Waals surface area contributed by atoms with E-state index >= 15 is 0 Å². The van der Waals surface area contributed by atoms with Crippen LogP contribution in [0.1, 0.15) is 18.0 Å². The molecular formula is C12H14FN3O2. The Balaban J connectivity index is 2.14. The zero-order valence-corrected chi connectivity index (χ0v) is 9.73. The lowest BCUT2D eigenvalue weighted by atomic mass is 10.1. The van der Waals surface area contributed by atoms with Gasteiger partial charge in [-0.25, -0.2) is 9.18 Å². The summed E-state index contributed by atoms with van der Waals surface area (Å²) in [5, 5.41) is 2.57. The van der Waals surface area contributed by atoms with Crippen molar-refractivity contribution in [3.63, 3.8) is 0 Å². The van der Waals surface area contributed by atoms with Gasteiger partial charge in [0.1, 0.15) is 11.9 Å². The second-order valence-electron chi connectivity index (χ2n) is 4.07. The third-order valence-corrected chi connectivity index (χ3v) is 2.82. The van der Waals surface area contributed by atoms with Gasteiger partial charge in [-0.2, -0.15) is 0 Å². The summed E-state index contributed by atoms with van der Waals surface area (Å²) < 4.78 is 12.8. The predicted octanol–water partition coefficient (Wildman–Crippen LogP) is 0.767. The van der Waals surface area contributed by atoms with Crippen molar-refractivity contribution in [2.24, 2.45) is 5.73 Å². The number of imide groups is 1. The van der Waals surface area contributed by atoms with Gasteiger partial charge in [-0.3, -0.25) is 9.69 Å². The largest absolute Gasteiger partial charge is 0.330 e. The third kappa shape index (κ3) is 2.33. The fourth-order valence-electron chi connectivity index (χ4n) is 1.86. The number of halogens is 1. The number of carbonyl (C=O) groups is 2. The van der Waals surface area contributed by atoms with Crippen molar-refractivity contribution in [3.8, 4) is 0 Å². The number of nitrogens with zero attached hydrogens (tertiary/aromatic N) is 1. The van der Waals surface area contributed by atoms with Gasteiger partial charge in [0.05, 0.1) is 0 Å². The van der Waals surface area contributed by atoms with Crippen LogP contribution < -0.4 is 11.1 Å². The van der Waals surface area contributed by atoms with Gasteiger partial charge >= 0.3 is 6.03 Å². The van der Waals surface area contributed by atoms with Crippen LogP contribution in [0.15, 0.2) is 24.3 Å². The maximum Gasteiger partial charge on any atom is 0.325 e. The number of urea groups is 1. The van der Waals surface area contributed by atoms with Gasteiger partial charge in [0, 0.05) is 6.54 Å². The van der Waals surface area contributed by atoms with Crippen LogP contribution >= 0.6 is 0 Å². The standard InChI is InChI=1S/C12H14FN3O2/c13-9-4-2-8(3-5-9)10-11(17)16(7-1-6-14)12(18)15-10/h2-5,10H,1,6-7,14H2,(H,15,18). The van der Waals surface area contributed by atoms with Crippen molar-refractivity contribution in [2.75, 3.05) is 13.1 Å². The van der Waals surface area contributed by atoms with E-state index in [1.165, 1.54) is 24.3 Å². The molecule has 0 saturated carbocycles. The van der Waals surface area contributed by atoms with Crippen LogP contribution in [0.2, 0.25) is 0 Å². The Morgan fingerprint density at radius 3 is 2.56 bits per heavy atom. The highest BCUT2D eigenvalue weighted by Crippen LogP contribution is 2.22. The number of benzene rings is 1. The molecule has 1 saturated heterocycles. The molecule has 0 radical (unpaired) electrons. The van der Waals surface area contributed by atoms with Crippen LogP contribution in [0.3, 0.4) is 0 Å². The minimum atomic E-state index is -0.726. The van der Waals surface area contributed by atoms with E-state index in [4.69, 9.17) is 5.73 Å². The van der Waals surface area contributed by atoms with Crippen LogP contribution in [0.5, 0.6) is 0 Å². The molecule has 1 unspecified atom stereocenters. The van der Waals surface area contributed by atoms with E-state index in [2.05, 4.69) is 5.32 Å². The molecule has 1 aromatic rings. The van der Waals surface area contributed by atoms with Crippen LogP contribution in [0.25, 0.3) is 0 Å². The van der Waals surface area contributed by atoms with Crippen molar-refractivity contribution in [2.45, 2.75) is 12.5 Å². The van der Waals surface area contributed by atoms with Gasteiger partial charge in [-0.15, -0.1) is 0 Å². The summed E-state index contributed by atoms with van der Waals surface area (Å²) in [6.45, 7) is 0.719. The van der Waals surface area contributed by atoms with Crippen LogP contribution in [-0.4, -0.2) is 29.9 Å². The molecule has 0 spiro atoms. The van der Waals surface area contributed by atoms with E-state index in [1.807, 2.05) is 0 Å². The molecule has 0 bridgehead atoms. The average Bonchev–Trinajstić information content (AvgIpc) is 2.64. The third-order valence-electron chi connectivity index (χ3n) is 2.82. The van der Waals surface area contributed by atoms with Gasteiger partial charge < -0.3 is 11.1 Å². The van der Waals surface area contributed by atoms with E-state index in [0.29, 0.717) is 25.1 Å². The Kier molecular flexibility index (Phi) is 3.57. The topological polar surface area (TPSA) is 75.4 Å². The van der Waals surface area contributed by atoms with Crippen LogP contribution in [0, 0.1) is 5.82 Å². The minimum absolute atomic E-state index is 0.304. The first-order valence-corrected chi connectivity index (χ1v) is 5.71. The summed E-state index contributed by atoms with van der Waals surface area (Å²) in [6, 6.07) is 4.35. The number of amides is 3. The Hall–Kier alpha value is -1.95. The summed E-state index contributed by atoms with van der Waals surface area (Å²) in [4.78, 5) is 24.8. The molecule has 3 amide bonds. The van der Waals surface area contributed by atoms with E-state index in [9.17, 15) is 14.0 Å². The molecule has 1 atom stereocenters. The molecule has 1 fully saturated rings. The fourth-order valence-corrected chi connectivity index (χ4v) is 1.86. The van der Waals surface area contributed by atoms with E-state index in [1.54, 1.807) is 0 Å². The van der Waals surface area contributed by atoms with E-state index < -0.39 is 12.1 Å². The fraction of sp³-hybridized carbons (Fsp3) is 0.333. The molecule has 96 valence electrons. The highest BCUT2D eigenvalue weighted by atomic mass is 19.1. The first-order chi connectivity index (χ1) is 8.63. The van der Waals surface area contributed by atoms with E-state index in [0.717, 1.165) is 4.90 Å². The van der Waals surface area contributed by atoms with Crippen LogP contribution in [0.4, 0.5) is 9.18 Å². The van der Waals surface area contributed by atoms with Gasteiger partial charge in [-0.1, -0.05) is 12.1 Å². The maximum absolute atomic E-state index is 12.8. The lowest BCUT2D eigenvalue weighted by molar-refractivity contribution is -0.127. The lowest BCUT2D eigenvalue weighted by Crippen LogP contribution is -2.32. The normalized spacial score (nSPS) is 19.2. The molecule has 2 rings (SSSR count). The Morgan fingerprint density at radius 1 is 1.28 bits per heavy atom. The van der Waals surface area contributed by atoms with Crippen molar-refractivity contribution in [3.05, 3.63) is 35.6 Å². The molecule has 5 nitrogen and oxygen atoms in total. The Labute approximate surface area is 104 Å². The number of hydrogen-bond acceptors (Lipinski definition) is 3. The SMILES string of the molecule is NCCCN1C(=O)NC(c2ccc(F)cc2)C1=O. The second-order valence-corrected chi connectivity index (χ2v) is 4.07. The minimum Gasteiger partial charge on any atom is -0.330 e. The summed E-state index contributed by atoms with van der Waals surface area (Å²) in [5.41, 5.74) is 5.92. The molecule has 1 aromatic carbocycles. The molecular weight excluding hydrogens is 237 g/mol. The second kappa shape index (κ2) is 5.14.